The number of benzene rings is 3. The number of ether oxygens (including phenoxy) is 2. The average molecular weight is 548 g/mol. The fourth-order valence-corrected chi connectivity index (χ4v) is 4.66. The Balaban J connectivity index is 1.46. The van der Waals surface area contributed by atoms with Gasteiger partial charge in [0.25, 0.3) is 16.8 Å². The summed E-state index contributed by atoms with van der Waals surface area (Å²) < 4.78 is 11.5. The fourth-order valence-electron chi connectivity index (χ4n) is 3.82. The first-order chi connectivity index (χ1) is 18.7. The van der Waals surface area contributed by atoms with Gasteiger partial charge in [0, 0.05) is 11.8 Å². The minimum Gasteiger partial charge on any atom is -0.490 e. The van der Waals surface area contributed by atoms with Crippen LogP contribution in [0.15, 0.2) is 71.6 Å². The summed E-state index contributed by atoms with van der Waals surface area (Å²) in [6, 6.07) is 18.5. The molecule has 0 spiro atoms. The zero-order valence-corrected chi connectivity index (χ0v) is 22.0. The van der Waals surface area contributed by atoms with E-state index >= 15 is 0 Å². The number of nitro groups is 1. The monoisotopic (exact) mass is 547 g/mol. The second kappa shape index (κ2) is 12.3. The Bertz CT molecular complexity index is 1470. The molecule has 0 aliphatic carbocycles. The summed E-state index contributed by atoms with van der Waals surface area (Å²) >= 11 is 0.745. The van der Waals surface area contributed by atoms with Crippen molar-refractivity contribution in [3.63, 3.8) is 0 Å². The number of carbonyl (C=O) groups excluding carboxylic acids is 3. The lowest BCUT2D eigenvalue weighted by Gasteiger charge is -2.13. The molecule has 1 fully saturated rings. The summed E-state index contributed by atoms with van der Waals surface area (Å²) in [5.74, 6) is -0.309. The maximum absolute atomic E-state index is 12.9. The molecule has 1 heterocycles. The Kier molecular flexibility index (Phi) is 8.62. The normalized spacial score (nSPS) is 14.0. The Hall–Kier alpha value is -4.64. The molecule has 0 aromatic heterocycles. The number of rotatable bonds is 10. The summed E-state index contributed by atoms with van der Waals surface area (Å²) in [6.45, 7) is 3.57. The van der Waals surface area contributed by atoms with E-state index in [2.05, 4.69) is 5.32 Å². The Morgan fingerprint density at radius 2 is 1.85 bits per heavy atom. The van der Waals surface area contributed by atoms with Crippen molar-refractivity contribution in [1.29, 1.82) is 0 Å². The van der Waals surface area contributed by atoms with Gasteiger partial charge in [-0.1, -0.05) is 30.3 Å². The number of imide groups is 1. The topological polar surface area (TPSA) is 128 Å². The summed E-state index contributed by atoms with van der Waals surface area (Å²) in [5, 5.41) is 13.4. The summed E-state index contributed by atoms with van der Waals surface area (Å²) in [5.41, 5.74) is 2.48. The first kappa shape index (κ1) is 27.4. The molecule has 1 saturated heterocycles. The largest absolute Gasteiger partial charge is 0.490 e. The van der Waals surface area contributed by atoms with Crippen molar-refractivity contribution in [2.45, 2.75) is 20.5 Å². The van der Waals surface area contributed by atoms with E-state index in [1.165, 1.54) is 12.1 Å². The lowest BCUT2D eigenvalue weighted by Crippen LogP contribution is -2.36. The number of aryl methyl sites for hydroxylation is 1. The van der Waals surface area contributed by atoms with Crippen LogP contribution in [0.1, 0.15) is 23.6 Å². The van der Waals surface area contributed by atoms with Gasteiger partial charge in [-0.3, -0.25) is 29.4 Å². The molecule has 10 nitrogen and oxygen atoms in total. The first-order valence-corrected chi connectivity index (χ1v) is 12.8. The number of thioether (sulfide) groups is 1. The number of hydrogen-bond acceptors (Lipinski definition) is 8. The van der Waals surface area contributed by atoms with E-state index in [0.717, 1.165) is 22.2 Å². The van der Waals surface area contributed by atoms with E-state index in [-0.39, 0.29) is 17.2 Å². The molecule has 0 unspecified atom stereocenters. The van der Waals surface area contributed by atoms with E-state index in [1.54, 1.807) is 61.5 Å². The first-order valence-electron chi connectivity index (χ1n) is 12.0. The van der Waals surface area contributed by atoms with Crippen molar-refractivity contribution in [1.82, 2.24) is 4.90 Å². The van der Waals surface area contributed by atoms with Gasteiger partial charge in [-0.25, -0.2) is 0 Å². The standard InChI is InChI=1S/C28H25N3O7S/c1-3-37-24-14-19(11-12-23(24)38-17-20-8-4-5-10-22(20)31(35)36)15-25-27(33)30(28(34)39-25)16-26(32)29-21-9-6-7-18(2)13-21/h4-15H,3,16-17H2,1-2H3,(H,29,32)/b25-15+. The average Bonchev–Trinajstić information content (AvgIpc) is 3.15. The SMILES string of the molecule is CCOc1cc(/C=C2/SC(=O)N(CC(=O)Nc3cccc(C)c3)C2=O)ccc1OCc1ccccc1[N+](=O)[O-]. The molecule has 1 aliphatic heterocycles. The molecule has 1 aliphatic rings. The molecule has 3 aromatic carbocycles. The number of hydrogen-bond donors (Lipinski definition) is 1. The van der Waals surface area contributed by atoms with Gasteiger partial charge in [-0.05, 0) is 73.1 Å². The molecule has 200 valence electrons. The molecule has 0 bridgehead atoms. The Morgan fingerprint density at radius 1 is 1.05 bits per heavy atom. The third-order valence-corrected chi connectivity index (χ3v) is 6.52. The quantitative estimate of drug-likeness (QED) is 0.199. The second-order valence-electron chi connectivity index (χ2n) is 8.50. The number of nitrogens with one attached hydrogen (secondary N) is 1. The summed E-state index contributed by atoms with van der Waals surface area (Å²) in [7, 11) is 0. The predicted octanol–water partition coefficient (Wildman–Crippen LogP) is 5.56. The van der Waals surface area contributed by atoms with E-state index in [4.69, 9.17) is 9.47 Å². The van der Waals surface area contributed by atoms with Gasteiger partial charge in [0.15, 0.2) is 11.5 Å². The van der Waals surface area contributed by atoms with Gasteiger partial charge in [0.05, 0.1) is 22.0 Å². The molecule has 4 rings (SSSR count). The van der Waals surface area contributed by atoms with E-state index in [0.29, 0.717) is 34.9 Å². The highest BCUT2D eigenvalue weighted by molar-refractivity contribution is 8.18. The van der Waals surface area contributed by atoms with Crippen molar-refractivity contribution in [2.24, 2.45) is 0 Å². The van der Waals surface area contributed by atoms with E-state index < -0.39 is 28.5 Å². The lowest BCUT2D eigenvalue weighted by molar-refractivity contribution is -0.385. The summed E-state index contributed by atoms with van der Waals surface area (Å²) in [6.07, 6.45) is 1.54. The number of anilines is 1. The zero-order valence-electron chi connectivity index (χ0n) is 21.2. The molecule has 0 saturated carbocycles. The van der Waals surface area contributed by atoms with Crippen LogP contribution in [0.2, 0.25) is 0 Å². The molecular weight excluding hydrogens is 522 g/mol. The van der Waals surface area contributed by atoms with Crippen LogP contribution in [0.3, 0.4) is 0 Å². The lowest BCUT2D eigenvalue weighted by atomic mass is 10.1. The third-order valence-electron chi connectivity index (χ3n) is 5.61. The minimum absolute atomic E-state index is 0.0416. The van der Waals surface area contributed by atoms with Gasteiger partial charge in [-0.15, -0.1) is 0 Å². The highest BCUT2D eigenvalue weighted by Crippen LogP contribution is 2.35. The molecule has 3 aromatic rings. The van der Waals surface area contributed by atoms with Crippen LogP contribution in [0.25, 0.3) is 6.08 Å². The molecule has 39 heavy (non-hydrogen) atoms. The van der Waals surface area contributed by atoms with E-state index in [1.807, 2.05) is 13.0 Å². The van der Waals surface area contributed by atoms with Crippen molar-refractivity contribution >= 4 is 46.3 Å². The van der Waals surface area contributed by atoms with Crippen molar-refractivity contribution in [3.05, 3.63) is 98.4 Å². The molecule has 1 N–H and O–H groups in total. The number of para-hydroxylation sites is 1. The van der Waals surface area contributed by atoms with Gasteiger partial charge in [0.1, 0.15) is 13.2 Å². The van der Waals surface area contributed by atoms with Crippen molar-refractivity contribution < 1.29 is 28.8 Å². The van der Waals surface area contributed by atoms with Crippen LogP contribution in [0.4, 0.5) is 16.2 Å². The van der Waals surface area contributed by atoms with Gasteiger partial charge in [-0.2, -0.15) is 0 Å². The molecule has 11 heteroatoms. The summed E-state index contributed by atoms with van der Waals surface area (Å²) in [4.78, 5) is 49.7. The zero-order chi connectivity index (χ0) is 27.9. The van der Waals surface area contributed by atoms with Crippen LogP contribution in [0, 0.1) is 17.0 Å². The number of carbonyl (C=O) groups is 3. The molecular formula is C28H25N3O7S. The van der Waals surface area contributed by atoms with Crippen LogP contribution in [0.5, 0.6) is 11.5 Å². The maximum Gasteiger partial charge on any atom is 0.294 e. The van der Waals surface area contributed by atoms with Crippen molar-refractivity contribution in [2.75, 3.05) is 18.5 Å². The highest BCUT2D eigenvalue weighted by atomic mass is 32.2. The second-order valence-corrected chi connectivity index (χ2v) is 9.49. The number of nitrogens with zero attached hydrogens (tertiary/aromatic N) is 2. The molecule has 0 atom stereocenters. The number of nitro benzene ring substituents is 1. The Labute approximate surface area is 228 Å². The third kappa shape index (κ3) is 6.82. The smallest absolute Gasteiger partial charge is 0.294 e. The van der Waals surface area contributed by atoms with Gasteiger partial charge >= 0.3 is 0 Å². The molecule has 0 radical (unpaired) electrons. The van der Waals surface area contributed by atoms with Gasteiger partial charge in [0.2, 0.25) is 5.91 Å². The van der Waals surface area contributed by atoms with Crippen LogP contribution in [-0.2, 0) is 16.2 Å². The van der Waals surface area contributed by atoms with Crippen molar-refractivity contribution in [3.8, 4) is 11.5 Å². The molecule has 3 amide bonds. The van der Waals surface area contributed by atoms with Crippen LogP contribution in [-0.4, -0.2) is 40.0 Å². The minimum atomic E-state index is -0.570. The van der Waals surface area contributed by atoms with Gasteiger partial charge < -0.3 is 14.8 Å². The van der Waals surface area contributed by atoms with Crippen LogP contribution < -0.4 is 14.8 Å². The van der Waals surface area contributed by atoms with Crippen LogP contribution >= 0.6 is 11.8 Å². The van der Waals surface area contributed by atoms with E-state index in [9.17, 15) is 24.5 Å². The Morgan fingerprint density at radius 3 is 2.59 bits per heavy atom. The maximum atomic E-state index is 12.9. The highest BCUT2D eigenvalue weighted by Gasteiger charge is 2.36. The fraction of sp³-hybridized carbons (Fsp3) is 0.179. The predicted molar refractivity (Wildman–Crippen MR) is 148 cm³/mol. The number of amides is 3.